The summed E-state index contributed by atoms with van der Waals surface area (Å²) in [6, 6.07) is 18.0. The number of hydrogen-bond acceptors (Lipinski definition) is 5. The minimum absolute atomic E-state index is 0.0887. The molecule has 1 aromatic heterocycles. The number of aromatic nitrogens is 2. The smallest absolute Gasteiger partial charge is 0.229 e. The van der Waals surface area contributed by atoms with E-state index in [1.807, 2.05) is 37.3 Å². The van der Waals surface area contributed by atoms with Crippen LogP contribution in [-0.2, 0) is 11.2 Å². The van der Waals surface area contributed by atoms with Gasteiger partial charge in [-0.05, 0) is 55.7 Å². The lowest BCUT2D eigenvalue weighted by Crippen LogP contribution is -2.25. The van der Waals surface area contributed by atoms with Gasteiger partial charge in [-0.3, -0.25) is 4.79 Å². The lowest BCUT2D eigenvalue weighted by Gasteiger charge is -2.30. The molecule has 0 atom stereocenters. The second-order valence-corrected chi connectivity index (χ2v) is 6.96. The second kappa shape index (κ2) is 7.68. The summed E-state index contributed by atoms with van der Waals surface area (Å²) in [5.74, 6) is 1.37. The highest BCUT2D eigenvalue weighted by molar-refractivity contribution is 5.88. The molecule has 2 heterocycles. The van der Waals surface area contributed by atoms with Gasteiger partial charge in [0.05, 0.1) is 0 Å². The van der Waals surface area contributed by atoms with Crippen LogP contribution in [0.25, 0.3) is 0 Å². The molecule has 0 saturated heterocycles. The Bertz CT molecular complexity index is 1000. The van der Waals surface area contributed by atoms with Gasteiger partial charge in [-0.15, -0.1) is 0 Å². The van der Waals surface area contributed by atoms with Crippen LogP contribution in [0.3, 0.4) is 0 Å². The number of anilines is 5. The largest absolute Gasteiger partial charge is 0.326 e. The molecule has 1 aliphatic rings. The fraction of sp³-hybridized carbons (Fsp3) is 0.227. The maximum absolute atomic E-state index is 11.2. The summed E-state index contributed by atoms with van der Waals surface area (Å²) in [6.45, 7) is 4.41. The number of carbonyl (C=O) groups is 1. The number of rotatable bonds is 4. The average molecular weight is 373 g/mol. The van der Waals surface area contributed by atoms with Crippen LogP contribution < -0.4 is 15.5 Å². The van der Waals surface area contributed by atoms with Gasteiger partial charge in [-0.25, -0.2) is 4.98 Å². The first-order valence-electron chi connectivity index (χ1n) is 9.44. The molecular weight excluding hydrogens is 350 g/mol. The quantitative estimate of drug-likeness (QED) is 0.701. The molecule has 28 heavy (non-hydrogen) atoms. The first-order valence-corrected chi connectivity index (χ1v) is 9.44. The molecule has 0 bridgehead atoms. The number of nitrogens with one attached hydrogen (secondary N) is 2. The number of fused-ring (bicyclic) bond motifs is 1. The Morgan fingerprint density at radius 1 is 1.04 bits per heavy atom. The highest BCUT2D eigenvalue weighted by Crippen LogP contribution is 2.33. The van der Waals surface area contributed by atoms with Gasteiger partial charge in [-0.1, -0.05) is 18.2 Å². The van der Waals surface area contributed by atoms with Crippen LogP contribution in [0, 0.1) is 6.92 Å². The molecule has 0 radical (unpaired) electrons. The number of carbonyl (C=O) groups excluding carboxylic acids is 1. The Labute approximate surface area is 164 Å². The number of aryl methyl sites for hydroxylation is 2. The predicted molar refractivity (Wildman–Crippen MR) is 113 cm³/mol. The second-order valence-electron chi connectivity index (χ2n) is 6.96. The van der Waals surface area contributed by atoms with Crippen molar-refractivity contribution in [2.24, 2.45) is 0 Å². The molecule has 2 aromatic carbocycles. The molecule has 142 valence electrons. The number of amides is 1. The van der Waals surface area contributed by atoms with E-state index in [9.17, 15) is 4.79 Å². The fourth-order valence-electron chi connectivity index (χ4n) is 3.49. The van der Waals surface area contributed by atoms with Crippen LogP contribution in [0.2, 0.25) is 0 Å². The predicted octanol–water partition coefficient (Wildman–Crippen LogP) is 4.57. The Balaban J connectivity index is 1.59. The van der Waals surface area contributed by atoms with Gasteiger partial charge in [0.2, 0.25) is 11.9 Å². The van der Waals surface area contributed by atoms with Crippen LogP contribution >= 0.6 is 0 Å². The molecular formula is C22H23N5O. The van der Waals surface area contributed by atoms with Gasteiger partial charge < -0.3 is 15.5 Å². The first kappa shape index (κ1) is 18.0. The summed E-state index contributed by atoms with van der Waals surface area (Å²) in [7, 11) is 0. The van der Waals surface area contributed by atoms with Gasteiger partial charge >= 0.3 is 0 Å². The number of para-hydroxylation sites is 1. The monoisotopic (exact) mass is 373 g/mol. The molecule has 3 aromatic rings. The molecule has 1 aliphatic heterocycles. The van der Waals surface area contributed by atoms with Crippen molar-refractivity contribution < 1.29 is 4.79 Å². The molecule has 0 fully saturated rings. The summed E-state index contributed by atoms with van der Waals surface area (Å²) in [4.78, 5) is 22.7. The molecule has 1 amide bonds. The molecule has 0 unspecified atom stereocenters. The third kappa shape index (κ3) is 3.96. The maximum atomic E-state index is 11.2. The van der Waals surface area contributed by atoms with Crippen molar-refractivity contribution in [3.8, 4) is 0 Å². The average Bonchev–Trinajstić information content (AvgIpc) is 2.68. The molecule has 0 saturated carbocycles. The highest BCUT2D eigenvalue weighted by atomic mass is 16.1. The molecule has 0 spiro atoms. The lowest BCUT2D eigenvalue weighted by atomic mass is 10.0. The third-order valence-electron chi connectivity index (χ3n) is 4.69. The Morgan fingerprint density at radius 2 is 1.79 bits per heavy atom. The van der Waals surface area contributed by atoms with E-state index in [1.165, 1.54) is 18.2 Å². The van der Waals surface area contributed by atoms with E-state index in [1.54, 1.807) is 0 Å². The van der Waals surface area contributed by atoms with Crippen molar-refractivity contribution in [2.75, 3.05) is 22.1 Å². The van der Waals surface area contributed by atoms with Crippen molar-refractivity contribution in [3.05, 3.63) is 65.9 Å². The maximum Gasteiger partial charge on any atom is 0.229 e. The topological polar surface area (TPSA) is 70.2 Å². The van der Waals surface area contributed by atoms with Crippen molar-refractivity contribution in [3.63, 3.8) is 0 Å². The van der Waals surface area contributed by atoms with Crippen molar-refractivity contribution >= 4 is 34.7 Å². The van der Waals surface area contributed by atoms with E-state index < -0.39 is 0 Å². The normalized spacial score (nSPS) is 13.0. The summed E-state index contributed by atoms with van der Waals surface area (Å²) < 4.78 is 0. The zero-order valence-corrected chi connectivity index (χ0v) is 16.1. The number of nitrogens with zero attached hydrogens (tertiary/aromatic N) is 3. The summed E-state index contributed by atoms with van der Waals surface area (Å²) in [6.07, 6.45) is 2.20. The van der Waals surface area contributed by atoms with E-state index in [0.29, 0.717) is 5.95 Å². The third-order valence-corrected chi connectivity index (χ3v) is 4.69. The van der Waals surface area contributed by atoms with Crippen molar-refractivity contribution in [2.45, 2.75) is 26.7 Å². The Morgan fingerprint density at radius 3 is 2.57 bits per heavy atom. The molecule has 4 rings (SSSR count). The zero-order chi connectivity index (χ0) is 19.5. The van der Waals surface area contributed by atoms with Crippen LogP contribution in [0.4, 0.5) is 28.8 Å². The fourth-order valence-corrected chi connectivity index (χ4v) is 3.49. The molecule has 2 N–H and O–H groups in total. The van der Waals surface area contributed by atoms with Crippen LogP contribution in [0.15, 0.2) is 54.6 Å². The SMILES string of the molecule is CC(=O)Nc1ccc(Nc2nc(C)cc(N3CCCc4ccccc43)n2)cc1. The standard InChI is InChI=1S/C22H23N5O/c1-15-14-21(27-13-5-7-17-6-3-4-8-20(17)27)26-22(23-15)25-19-11-9-18(10-12-19)24-16(2)28/h3-4,6,8-12,14H,5,7,13H2,1-2H3,(H,24,28)(H,23,25,26). The zero-order valence-electron chi connectivity index (χ0n) is 16.1. The van der Waals surface area contributed by atoms with Crippen LogP contribution in [0.5, 0.6) is 0 Å². The van der Waals surface area contributed by atoms with E-state index in [0.717, 1.165) is 42.3 Å². The van der Waals surface area contributed by atoms with Gasteiger partial charge in [-0.2, -0.15) is 4.98 Å². The van der Waals surface area contributed by atoms with Crippen molar-refractivity contribution in [1.29, 1.82) is 0 Å². The number of hydrogen-bond donors (Lipinski definition) is 2. The Hall–Kier alpha value is -3.41. The van der Waals surface area contributed by atoms with Crippen LogP contribution in [-0.4, -0.2) is 22.4 Å². The highest BCUT2D eigenvalue weighted by Gasteiger charge is 2.19. The summed E-state index contributed by atoms with van der Waals surface area (Å²) >= 11 is 0. The summed E-state index contributed by atoms with van der Waals surface area (Å²) in [5.41, 5.74) is 5.11. The minimum Gasteiger partial charge on any atom is -0.326 e. The van der Waals surface area contributed by atoms with Gasteiger partial charge in [0.25, 0.3) is 0 Å². The van der Waals surface area contributed by atoms with Gasteiger partial charge in [0.1, 0.15) is 5.82 Å². The molecule has 6 heteroatoms. The summed E-state index contributed by atoms with van der Waals surface area (Å²) in [5, 5.41) is 6.03. The first-order chi connectivity index (χ1) is 13.6. The minimum atomic E-state index is -0.0887. The van der Waals surface area contributed by atoms with Crippen LogP contribution in [0.1, 0.15) is 24.6 Å². The van der Waals surface area contributed by atoms with E-state index in [-0.39, 0.29) is 5.91 Å². The van der Waals surface area contributed by atoms with E-state index in [4.69, 9.17) is 4.98 Å². The Kier molecular flexibility index (Phi) is 4.93. The number of benzene rings is 2. The lowest BCUT2D eigenvalue weighted by molar-refractivity contribution is -0.114. The van der Waals surface area contributed by atoms with Gasteiger partial charge in [0.15, 0.2) is 0 Å². The van der Waals surface area contributed by atoms with E-state index in [2.05, 4.69) is 44.8 Å². The van der Waals surface area contributed by atoms with E-state index >= 15 is 0 Å². The molecule has 6 nitrogen and oxygen atoms in total. The van der Waals surface area contributed by atoms with Crippen molar-refractivity contribution in [1.82, 2.24) is 9.97 Å². The van der Waals surface area contributed by atoms with Gasteiger partial charge in [0, 0.05) is 42.3 Å². The molecule has 0 aliphatic carbocycles.